The van der Waals surface area contributed by atoms with Crippen molar-refractivity contribution in [2.45, 2.75) is 26.5 Å². The van der Waals surface area contributed by atoms with E-state index in [1.54, 1.807) is 6.92 Å². The normalized spacial score (nSPS) is 20.2. The molecule has 1 unspecified atom stereocenters. The second-order valence-electron chi connectivity index (χ2n) is 5.55. The van der Waals surface area contributed by atoms with Gasteiger partial charge in [0.2, 0.25) is 0 Å². The summed E-state index contributed by atoms with van der Waals surface area (Å²) in [5.74, 6) is -0.211. The molecular formula is C15H20FN3OS. The molecule has 2 heterocycles. The molecule has 4 nitrogen and oxygen atoms in total. The van der Waals surface area contributed by atoms with Gasteiger partial charge in [-0.05, 0) is 43.4 Å². The number of aromatic amines is 1. The number of nitrogens with one attached hydrogen (secondary N) is 1. The fourth-order valence-electron chi connectivity index (χ4n) is 2.84. The zero-order valence-corrected chi connectivity index (χ0v) is 13.2. The zero-order valence-electron chi connectivity index (χ0n) is 12.4. The minimum Gasteiger partial charge on any atom is -0.374 e. The second kappa shape index (κ2) is 5.87. The number of rotatable bonds is 3. The van der Waals surface area contributed by atoms with Gasteiger partial charge in [0.25, 0.3) is 0 Å². The molecule has 1 aliphatic rings. The van der Waals surface area contributed by atoms with Crippen LogP contribution < -0.4 is 0 Å². The van der Waals surface area contributed by atoms with Gasteiger partial charge in [-0.25, -0.2) is 4.39 Å². The van der Waals surface area contributed by atoms with Gasteiger partial charge in [0.1, 0.15) is 5.82 Å². The lowest BCUT2D eigenvalue weighted by Gasteiger charge is -2.32. The number of morpholine rings is 1. The fraction of sp³-hybridized carbons (Fsp3) is 0.533. The molecule has 1 aliphatic heterocycles. The summed E-state index contributed by atoms with van der Waals surface area (Å²) in [6.45, 7) is 8.30. The van der Waals surface area contributed by atoms with Crippen LogP contribution in [-0.4, -0.2) is 46.8 Å². The Labute approximate surface area is 128 Å². The van der Waals surface area contributed by atoms with Crippen molar-refractivity contribution in [1.29, 1.82) is 0 Å². The summed E-state index contributed by atoms with van der Waals surface area (Å²) in [6, 6.07) is 3.36. The van der Waals surface area contributed by atoms with Gasteiger partial charge in [0.15, 0.2) is 4.77 Å². The Bertz CT molecular complexity index is 709. The Morgan fingerprint density at radius 3 is 3.05 bits per heavy atom. The van der Waals surface area contributed by atoms with E-state index in [-0.39, 0.29) is 11.9 Å². The van der Waals surface area contributed by atoms with E-state index in [0.717, 1.165) is 37.3 Å². The van der Waals surface area contributed by atoms with Crippen LogP contribution in [0.5, 0.6) is 0 Å². The molecule has 0 saturated carbocycles. The summed E-state index contributed by atoms with van der Waals surface area (Å²) in [5, 5.41) is 0. The number of fused-ring (bicyclic) bond motifs is 1. The van der Waals surface area contributed by atoms with Crippen LogP contribution in [0, 0.1) is 17.5 Å². The molecule has 3 rings (SSSR count). The van der Waals surface area contributed by atoms with Gasteiger partial charge in [-0.3, -0.25) is 4.90 Å². The van der Waals surface area contributed by atoms with E-state index in [2.05, 4.69) is 16.8 Å². The molecule has 0 amide bonds. The first-order valence-corrected chi connectivity index (χ1v) is 7.72. The Morgan fingerprint density at radius 1 is 1.48 bits per heavy atom. The van der Waals surface area contributed by atoms with Crippen LogP contribution in [0.15, 0.2) is 12.1 Å². The lowest BCUT2D eigenvalue weighted by atomic mass is 10.2. The van der Waals surface area contributed by atoms with Crippen LogP contribution >= 0.6 is 12.2 Å². The summed E-state index contributed by atoms with van der Waals surface area (Å²) in [5.41, 5.74) is 2.31. The van der Waals surface area contributed by atoms with Gasteiger partial charge in [0, 0.05) is 13.1 Å². The van der Waals surface area contributed by atoms with Crippen molar-refractivity contribution in [3.8, 4) is 0 Å². The standard InChI is InChI=1S/C15H20FN3OS/c1-3-18-4-5-20-11(8-18)9-19-14-6-10(2)12(16)7-13(14)17-15(19)21/h6-7,11H,3-5,8-9H2,1-2H3,(H,17,21). The maximum Gasteiger partial charge on any atom is 0.178 e. The summed E-state index contributed by atoms with van der Waals surface area (Å²) in [7, 11) is 0. The molecule has 1 fully saturated rings. The van der Waals surface area contributed by atoms with E-state index in [1.165, 1.54) is 6.07 Å². The molecule has 0 spiro atoms. The first-order valence-electron chi connectivity index (χ1n) is 7.31. The first-order chi connectivity index (χ1) is 10.1. The minimum absolute atomic E-state index is 0.120. The summed E-state index contributed by atoms with van der Waals surface area (Å²) in [4.78, 5) is 5.45. The number of halogens is 1. The van der Waals surface area contributed by atoms with Gasteiger partial charge in [0.05, 0.1) is 30.3 Å². The Hall–Kier alpha value is -1.24. The van der Waals surface area contributed by atoms with Gasteiger partial charge < -0.3 is 14.3 Å². The van der Waals surface area contributed by atoms with Crippen molar-refractivity contribution in [2.75, 3.05) is 26.2 Å². The maximum absolute atomic E-state index is 13.7. The van der Waals surface area contributed by atoms with Crippen molar-refractivity contribution in [3.63, 3.8) is 0 Å². The zero-order chi connectivity index (χ0) is 15.0. The Morgan fingerprint density at radius 2 is 2.29 bits per heavy atom. The number of benzene rings is 1. The van der Waals surface area contributed by atoms with Crippen LogP contribution in [0.3, 0.4) is 0 Å². The highest BCUT2D eigenvalue weighted by Gasteiger charge is 2.21. The number of likely N-dealkylation sites (N-methyl/N-ethyl adjacent to an activating group) is 1. The van der Waals surface area contributed by atoms with E-state index in [0.29, 0.717) is 16.9 Å². The second-order valence-corrected chi connectivity index (χ2v) is 5.93. The van der Waals surface area contributed by atoms with Crippen LogP contribution in [0.4, 0.5) is 4.39 Å². The van der Waals surface area contributed by atoms with Crippen LogP contribution in [-0.2, 0) is 11.3 Å². The molecule has 114 valence electrons. The number of hydrogen-bond acceptors (Lipinski definition) is 3. The maximum atomic E-state index is 13.7. The van der Waals surface area contributed by atoms with Crippen molar-refractivity contribution in [2.24, 2.45) is 0 Å². The van der Waals surface area contributed by atoms with Gasteiger partial charge in [-0.1, -0.05) is 6.92 Å². The summed E-state index contributed by atoms with van der Waals surface area (Å²) in [6.07, 6.45) is 0.120. The number of nitrogens with zero attached hydrogens (tertiary/aromatic N) is 2. The molecule has 21 heavy (non-hydrogen) atoms. The van der Waals surface area contributed by atoms with E-state index in [1.807, 2.05) is 10.6 Å². The molecule has 1 atom stereocenters. The molecule has 1 aromatic carbocycles. The highest BCUT2D eigenvalue weighted by Crippen LogP contribution is 2.20. The first kappa shape index (κ1) is 14.7. The molecule has 1 N–H and O–H groups in total. The Kier molecular flexibility index (Phi) is 4.10. The fourth-order valence-corrected chi connectivity index (χ4v) is 3.13. The molecule has 1 saturated heterocycles. The molecule has 6 heteroatoms. The van der Waals surface area contributed by atoms with E-state index >= 15 is 0 Å². The number of imidazole rings is 1. The SMILES string of the molecule is CCN1CCOC(Cn2c(=S)[nH]c3cc(F)c(C)cc32)C1. The van der Waals surface area contributed by atoms with E-state index in [9.17, 15) is 4.39 Å². The predicted octanol–water partition coefficient (Wildman–Crippen LogP) is 2.87. The van der Waals surface area contributed by atoms with Crippen molar-refractivity contribution < 1.29 is 9.13 Å². The minimum atomic E-state index is -0.211. The number of aromatic nitrogens is 2. The largest absolute Gasteiger partial charge is 0.374 e. The van der Waals surface area contributed by atoms with Crippen LogP contribution in [0.25, 0.3) is 11.0 Å². The molecular weight excluding hydrogens is 289 g/mol. The highest BCUT2D eigenvalue weighted by atomic mass is 32.1. The average molecular weight is 309 g/mol. The van der Waals surface area contributed by atoms with E-state index < -0.39 is 0 Å². The van der Waals surface area contributed by atoms with Crippen molar-refractivity contribution >= 4 is 23.3 Å². The van der Waals surface area contributed by atoms with Gasteiger partial charge in [-0.15, -0.1) is 0 Å². The number of hydrogen-bond donors (Lipinski definition) is 1. The number of ether oxygens (including phenoxy) is 1. The summed E-state index contributed by atoms with van der Waals surface area (Å²) >= 11 is 5.38. The molecule has 2 aromatic rings. The molecule has 0 aliphatic carbocycles. The number of H-pyrrole nitrogens is 1. The smallest absolute Gasteiger partial charge is 0.178 e. The molecule has 0 radical (unpaired) electrons. The van der Waals surface area contributed by atoms with Crippen LogP contribution in [0.1, 0.15) is 12.5 Å². The quantitative estimate of drug-likeness (QED) is 0.885. The molecule has 0 bridgehead atoms. The van der Waals surface area contributed by atoms with Crippen molar-refractivity contribution in [3.05, 3.63) is 28.3 Å². The highest BCUT2D eigenvalue weighted by molar-refractivity contribution is 7.71. The topological polar surface area (TPSA) is 33.2 Å². The third-order valence-corrected chi connectivity index (χ3v) is 4.43. The molecule has 1 aromatic heterocycles. The third kappa shape index (κ3) is 2.88. The monoisotopic (exact) mass is 309 g/mol. The third-order valence-electron chi connectivity index (χ3n) is 4.11. The Balaban J connectivity index is 1.91. The lowest BCUT2D eigenvalue weighted by molar-refractivity contribution is -0.0339. The lowest BCUT2D eigenvalue weighted by Crippen LogP contribution is -2.43. The van der Waals surface area contributed by atoms with Crippen LogP contribution in [0.2, 0.25) is 0 Å². The summed E-state index contributed by atoms with van der Waals surface area (Å²) < 4.78 is 22.1. The van der Waals surface area contributed by atoms with E-state index in [4.69, 9.17) is 17.0 Å². The van der Waals surface area contributed by atoms with Gasteiger partial charge in [-0.2, -0.15) is 0 Å². The number of aryl methyl sites for hydroxylation is 1. The average Bonchev–Trinajstić information content (AvgIpc) is 2.76. The van der Waals surface area contributed by atoms with Crippen molar-refractivity contribution in [1.82, 2.24) is 14.5 Å². The predicted molar refractivity (Wildman–Crippen MR) is 83.7 cm³/mol. The van der Waals surface area contributed by atoms with Gasteiger partial charge >= 0.3 is 0 Å².